The van der Waals surface area contributed by atoms with E-state index < -0.39 is 0 Å². The third-order valence-corrected chi connectivity index (χ3v) is 3.65. The molecule has 0 aliphatic heterocycles. The molecule has 0 saturated heterocycles. The van der Waals surface area contributed by atoms with Crippen molar-refractivity contribution in [3.8, 4) is 11.4 Å². The molecule has 2 aromatic heterocycles. The number of rotatable bonds is 5. The topological polar surface area (TPSA) is 97.0 Å². The number of H-pyrrole nitrogens is 1. The van der Waals surface area contributed by atoms with Crippen LogP contribution in [0.15, 0.2) is 53.6 Å². The lowest BCUT2D eigenvalue weighted by atomic mass is 10.1. The zero-order valence-corrected chi connectivity index (χ0v) is 14.4. The van der Waals surface area contributed by atoms with Crippen LogP contribution in [0.2, 0.25) is 0 Å². The molecule has 2 heterocycles. The summed E-state index contributed by atoms with van der Waals surface area (Å²) in [5, 5.41) is 2.82. The standard InChI is InChI=1S/C19H18N4O3/c1-12-7-17(24)23-18(21-12)14-3-5-16(6-4-14)22-19(25)15-8-13(11-26-2)9-20-10-15/h3-10H,11H2,1-2H3,(H,22,25)(H,21,23,24). The molecule has 7 nitrogen and oxygen atoms in total. The van der Waals surface area contributed by atoms with E-state index in [-0.39, 0.29) is 11.5 Å². The number of hydrogen-bond donors (Lipinski definition) is 2. The van der Waals surface area contributed by atoms with Crippen LogP contribution in [0.3, 0.4) is 0 Å². The average Bonchev–Trinajstić information content (AvgIpc) is 2.62. The molecule has 3 aromatic rings. The number of nitrogens with one attached hydrogen (secondary N) is 2. The predicted octanol–water partition coefficient (Wildman–Crippen LogP) is 2.54. The minimum atomic E-state index is -0.259. The van der Waals surface area contributed by atoms with Gasteiger partial charge in [0.05, 0.1) is 12.2 Å². The molecule has 132 valence electrons. The van der Waals surface area contributed by atoms with E-state index in [1.807, 2.05) is 0 Å². The van der Waals surface area contributed by atoms with Crippen molar-refractivity contribution in [3.63, 3.8) is 0 Å². The summed E-state index contributed by atoms with van der Waals surface area (Å²) in [5.41, 5.74) is 3.11. The largest absolute Gasteiger partial charge is 0.380 e. The van der Waals surface area contributed by atoms with Crippen LogP contribution in [0.25, 0.3) is 11.4 Å². The summed E-state index contributed by atoms with van der Waals surface area (Å²) in [7, 11) is 1.59. The van der Waals surface area contributed by atoms with Gasteiger partial charge in [-0.25, -0.2) is 4.98 Å². The Balaban J connectivity index is 1.75. The number of pyridine rings is 1. The molecule has 26 heavy (non-hydrogen) atoms. The van der Waals surface area contributed by atoms with Crippen LogP contribution in [0.4, 0.5) is 5.69 Å². The zero-order chi connectivity index (χ0) is 18.5. The Morgan fingerprint density at radius 2 is 1.96 bits per heavy atom. The fraction of sp³-hybridized carbons (Fsp3) is 0.158. The van der Waals surface area contributed by atoms with Crippen molar-refractivity contribution in [3.05, 3.63) is 76.0 Å². The van der Waals surface area contributed by atoms with Crippen molar-refractivity contribution in [2.24, 2.45) is 0 Å². The number of amides is 1. The van der Waals surface area contributed by atoms with E-state index in [4.69, 9.17) is 4.74 Å². The van der Waals surface area contributed by atoms with E-state index in [9.17, 15) is 9.59 Å². The van der Waals surface area contributed by atoms with E-state index in [0.717, 1.165) is 11.1 Å². The predicted molar refractivity (Wildman–Crippen MR) is 97.9 cm³/mol. The first-order valence-corrected chi connectivity index (χ1v) is 7.98. The summed E-state index contributed by atoms with van der Waals surface area (Å²) in [4.78, 5) is 35.0. The Kier molecular flexibility index (Phi) is 5.19. The highest BCUT2D eigenvalue weighted by atomic mass is 16.5. The number of carbonyl (C=O) groups is 1. The summed E-state index contributed by atoms with van der Waals surface area (Å²) in [6, 6.07) is 10.2. The number of aromatic amines is 1. The molecule has 3 rings (SSSR count). The Hall–Kier alpha value is -3.32. The second-order valence-electron chi connectivity index (χ2n) is 5.78. The number of hydrogen-bond acceptors (Lipinski definition) is 5. The fourth-order valence-electron chi connectivity index (χ4n) is 2.49. The number of aryl methyl sites for hydroxylation is 1. The summed E-state index contributed by atoms with van der Waals surface area (Å²) in [6.45, 7) is 2.16. The summed E-state index contributed by atoms with van der Waals surface area (Å²) >= 11 is 0. The zero-order valence-electron chi connectivity index (χ0n) is 14.4. The van der Waals surface area contributed by atoms with Crippen LogP contribution >= 0.6 is 0 Å². The first-order chi connectivity index (χ1) is 12.5. The van der Waals surface area contributed by atoms with Crippen LogP contribution in [-0.2, 0) is 11.3 Å². The van der Waals surface area contributed by atoms with Gasteiger partial charge >= 0.3 is 0 Å². The number of aromatic nitrogens is 3. The smallest absolute Gasteiger partial charge is 0.257 e. The molecule has 0 atom stereocenters. The average molecular weight is 350 g/mol. The van der Waals surface area contributed by atoms with Gasteiger partial charge in [-0.05, 0) is 42.8 Å². The monoisotopic (exact) mass is 350 g/mol. The van der Waals surface area contributed by atoms with Gasteiger partial charge in [-0.1, -0.05) is 0 Å². The highest BCUT2D eigenvalue weighted by Crippen LogP contribution is 2.18. The van der Waals surface area contributed by atoms with Gasteiger partial charge in [0.2, 0.25) is 0 Å². The molecule has 1 aromatic carbocycles. The second-order valence-corrected chi connectivity index (χ2v) is 5.78. The van der Waals surface area contributed by atoms with E-state index in [1.165, 1.54) is 12.3 Å². The summed E-state index contributed by atoms with van der Waals surface area (Å²) in [5.74, 6) is 0.231. The Bertz CT molecular complexity index is 981. The van der Waals surface area contributed by atoms with Crippen molar-refractivity contribution in [1.82, 2.24) is 15.0 Å². The van der Waals surface area contributed by atoms with Gasteiger partial charge < -0.3 is 15.0 Å². The van der Waals surface area contributed by atoms with Gasteiger partial charge in [0.25, 0.3) is 11.5 Å². The number of methoxy groups -OCH3 is 1. The van der Waals surface area contributed by atoms with Crippen LogP contribution in [0.1, 0.15) is 21.6 Å². The minimum absolute atomic E-state index is 0.201. The van der Waals surface area contributed by atoms with Crippen molar-refractivity contribution in [1.29, 1.82) is 0 Å². The lowest BCUT2D eigenvalue weighted by molar-refractivity contribution is 0.102. The van der Waals surface area contributed by atoms with Gasteiger partial charge in [-0.2, -0.15) is 0 Å². The number of nitrogens with zero attached hydrogens (tertiary/aromatic N) is 2. The third kappa shape index (κ3) is 4.20. The number of benzene rings is 1. The van der Waals surface area contributed by atoms with E-state index >= 15 is 0 Å². The molecule has 0 fully saturated rings. The quantitative estimate of drug-likeness (QED) is 0.737. The minimum Gasteiger partial charge on any atom is -0.380 e. The van der Waals surface area contributed by atoms with Crippen LogP contribution < -0.4 is 10.9 Å². The van der Waals surface area contributed by atoms with Gasteiger partial charge in [0.15, 0.2) is 0 Å². The molecule has 0 radical (unpaired) electrons. The van der Waals surface area contributed by atoms with Gasteiger partial charge in [-0.15, -0.1) is 0 Å². The maximum atomic E-state index is 12.4. The van der Waals surface area contributed by atoms with E-state index in [0.29, 0.717) is 29.4 Å². The highest BCUT2D eigenvalue weighted by molar-refractivity contribution is 6.04. The first kappa shape index (κ1) is 17.5. The van der Waals surface area contributed by atoms with Gasteiger partial charge in [-0.3, -0.25) is 14.6 Å². The molecule has 0 bridgehead atoms. The maximum absolute atomic E-state index is 12.4. The first-order valence-electron chi connectivity index (χ1n) is 7.98. The molecule has 0 saturated carbocycles. The molecule has 0 unspecified atom stereocenters. The summed E-state index contributed by atoms with van der Waals surface area (Å²) < 4.78 is 5.05. The van der Waals surface area contributed by atoms with Crippen molar-refractivity contribution in [2.75, 3.05) is 12.4 Å². The van der Waals surface area contributed by atoms with Crippen LogP contribution in [0, 0.1) is 6.92 Å². The Morgan fingerprint density at radius 1 is 1.19 bits per heavy atom. The van der Waals surface area contributed by atoms with E-state index in [2.05, 4.69) is 20.3 Å². The SMILES string of the molecule is COCc1cncc(C(=O)Nc2ccc(-c3nc(C)cc(=O)[nH]3)cc2)c1. The number of ether oxygens (including phenoxy) is 1. The molecule has 0 spiro atoms. The van der Waals surface area contributed by atoms with Crippen molar-refractivity contribution < 1.29 is 9.53 Å². The number of carbonyl (C=O) groups excluding carboxylic acids is 1. The molecular weight excluding hydrogens is 332 g/mol. The third-order valence-electron chi connectivity index (χ3n) is 3.65. The lowest BCUT2D eigenvalue weighted by Gasteiger charge is -2.08. The number of anilines is 1. The fourth-order valence-corrected chi connectivity index (χ4v) is 2.49. The molecule has 7 heteroatoms. The van der Waals surface area contributed by atoms with Crippen LogP contribution in [-0.4, -0.2) is 28.0 Å². The molecule has 1 amide bonds. The second kappa shape index (κ2) is 7.71. The summed E-state index contributed by atoms with van der Waals surface area (Å²) in [6.07, 6.45) is 3.16. The molecule has 0 aliphatic rings. The molecular formula is C19H18N4O3. The normalized spacial score (nSPS) is 10.5. The van der Waals surface area contributed by atoms with Crippen molar-refractivity contribution >= 4 is 11.6 Å². The Labute approximate surface area is 150 Å². The van der Waals surface area contributed by atoms with Crippen LogP contribution in [0.5, 0.6) is 0 Å². The molecule has 2 N–H and O–H groups in total. The molecule has 0 aliphatic carbocycles. The van der Waals surface area contributed by atoms with Crippen molar-refractivity contribution in [2.45, 2.75) is 13.5 Å². The van der Waals surface area contributed by atoms with Gasteiger partial charge in [0.1, 0.15) is 5.82 Å². The van der Waals surface area contributed by atoms with E-state index in [1.54, 1.807) is 50.6 Å². The van der Waals surface area contributed by atoms with Gasteiger partial charge in [0, 0.05) is 42.5 Å². The maximum Gasteiger partial charge on any atom is 0.257 e. The highest BCUT2D eigenvalue weighted by Gasteiger charge is 2.08. The lowest BCUT2D eigenvalue weighted by Crippen LogP contribution is -2.13. The Morgan fingerprint density at radius 3 is 2.65 bits per heavy atom.